The SMILES string of the molecule is Nc1cc2c(ncn2[C@@H]2O[C@H](COP(=O)(O)O)[C@@H](O)[C@@H]2O)c(=O)[nH]1. The van der Waals surface area contributed by atoms with Gasteiger partial charge in [0.2, 0.25) is 0 Å². The lowest BCUT2D eigenvalue weighted by Gasteiger charge is -2.17. The Bertz CT molecular complexity index is 859. The lowest BCUT2D eigenvalue weighted by Crippen LogP contribution is -2.33. The van der Waals surface area contributed by atoms with Crippen LogP contribution in [-0.4, -0.2) is 59.5 Å². The number of phosphoric ester groups is 1. The van der Waals surface area contributed by atoms with Gasteiger partial charge in [0.1, 0.15) is 24.1 Å². The first-order chi connectivity index (χ1) is 11.2. The second-order valence-electron chi connectivity index (χ2n) is 5.27. The monoisotopic (exact) mass is 362 g/mol. The van der Waals surface area contributed by atoms with Crippen LogP contribution in [0.3, 0.4) is 0 Å². The molecule has 4 atom stereocenters. The number of pyridine rings is 1. The summed E-state index contributed by atoms with van der Waals surface area (Å²) in [6, 6.07) is 1.41. The summed E-state index contributed by atoms with van der Waals surface area (Å²) >= 11 is 0. The minimum absolute atomic E-state index is 0.0596. The molecule has 3 heterocycles. The number of ether oxygens (including phenoxy) is 1. The number of aliphatic hydroxyl groups is 2. The van der Waals surface area contributed by atoms with Crippen LogP contribution in [0, 0.1) is 0 Å². The number of hydrogen-bond acceptors (Lipinski definition) is 8. The Balaban J connectivity index is 1.90. The number of aromatic nitrogens is 3. The van der Waals surface area contributed by atoms with E-state index in [1.54, 1.807) is 0 Å². The first kappa shape index (κ1) is 17.0. The first-order valence-electron chi connectivity index (χ1n) is 6.74. The van der Waals surface area contributed by atoms with Gasteiger partial charge < -0.3 is 40.0 Å². The number of nitrogen functional groups attached to an aromatic ring is 1. The number of aromatic amines is 1. The lowest BCUT2D eigenvalue weighted by molar-refractivity contribution is -0.0501. The van der Waals surface area contributed by atoms with E-state index in [2.05, 4.69) is 14.5 Å². The topological polar surface area (TPSA) is 193 Å². The van der Waals surface area contributed by atoms with Gasteiger partial charge in [0.05, 0.1) is 18.5 Å². The van der Waals surface area contributed by atoms with Crippen LogP contribution >= 0.6 is 7.82 Å². The van der Waals surface area contributed by atoms with Crippen molar-refractivity contribution in [3.63, 3.8) is 0 Å². The molecule has 0 amide bonds. The van der Waals surface area contributed by atoms with Crippen molar-refractivity contribution >= 4 is 24.7 Å². The predicted molar refractivity (Wildman–Crippen MR) is 78.7 cm³/mol. The van der Waals surface area contributed by atoms with Crippen molar-refractivity contribution in [2.45, 2.75) is 24.5 Å². The Hall–Kier alpha value is -1.79. The van der Waals surface area contributed by atoms with E-state index in [0.29, 0.717) is 0 Å². The summed E-state index contributed by atoms with van der Waals surface area (Å²) in [5.41, 5.74) is 5.38. The molecule has 2 aromatic heterocycles. The van der Waals surface area contributed by atoms with Crippen LogP contribution in [0.2, 0.25) is 0 Å². The second kappa shape index (κ2) is 5.93. The maximum atomic E-state index is 11.8. The molecule has 3 rings (SSSR count). The number of fused-ring (bicyclic) bond motifs is 1. The molecule has 0 aromatic carbocycles. The van der Waals surface area contributed by atoms with Crippen LogP contribution in [0.15, 0.2) is 17.2 Å². The number of nitrogens with zero attached hydrogens (tertiary/aromatic N) is 2. The normalized spacial score (nSPS) is 27.8. The summed E-state index contributed by atoms with van der Waals surface area (Å²) < 4.78 is 21.7. The highest BCUT2D eigenvalue weighted by Crippen LogP contribution is 2.38. The van der Waals surface area contributed by atoms with Gasteiger partial charge in [-0.2, -0.15) is 0 Å². The number of nitrogens with one attached hydrogen (secondary N) is 1. The van der Waals surface area contributed by atoms with Gasteiger partial charge in [0.15, 0.2) is 11.7 Å². The van der Waals surface area contributed by atoms with Crippen LogP contribution in [0.5, 0.6) is 0 Å². The molecule has 0 unspecified atom stereocenters. The number of H-pyrrole nitrogens is 1. The van der Waals surface area contributed by atoms with E-state index in [-0.39, 0.29) is 16.9 Å². The highest BCUT2D eigenvalue weighted by Gasteiger charge is 2.45. The Kier molecular flexibility index (Phi) is 4.21. The minimum atomic E-state index is -4.75. The Morgan fingerprint density at radius 1 is 1.42 bits per heavy atom. The van der Waals surface area contributed by atoms with Crippen molar-refractivity contribution in [3.05, 3.63) is 22.7 Å². The third kappa shape index (κ3) is 3.08. The van der Waals surface area contributed by atoms with Gasteiger partial charge in [-0.1, -0.05) is 0 Å². The fourth-order valence-electron chi connectivity index (χ4n) is 2.53. The standard InChI is InChI=1S/C11H15N4O8P/c12-6-1-4-7(10(18)14-6)13-3-15(4)11-9(17)8(16)5(23-11)2-22-24(19,20)21/h1,3,5,8-9,11,16-17H,2H2,(H3,12,14,18)(H2,19,20,21)/t5-,8-,9+,11-/m1/s1. The molecule has 7 N–H and O–H groups in total. The van der Waals surface area contributed by atoms with Crippen molar-refractivity contribution < 1.29 is 33.8 Å². The van der Waals surface area contributed by atoms with Crippen LogP contribution in [0.25, 0.3) is 11.0 Å². The average molecular weight is 362 g/mol. The van der Waals surface area contributed by atoms with E-state index >= 15 is 0 Å². The predicted octanol–water partition coefficient (Wildman–Crippen LogP) is -1.96. The third-order valence-electron chi connectivity index (χ3n) is 3.62. The highest BCUT2D eigenvalue weighted by atomic mass is 31.2. The lowest BCUT2D eigenvalue weighted by atomic mass is 10.1. The van der Waals surface area contributed by atoms with Gasteiger partial charge in [-0.15, -0.1) is 0 Å². The van der Waals surface area contributed by atoms with E-state index < -0.39 is 44.5 Å². The molecular weight excluding hydrogens is 347 g/mol. The average Bonchev–Trinajstić information content (AvgIpc) is 3.00. The molecule has 0 bridgehead atoms. The van der Waals surface area contributed by atoms with E-state index in [9.17, 15) is 19.6 Å². The summed E-state index contributed by atoms with van der Waals surface area (Å²) in [7, 11) is -4.75. The largest absolute Gasteiger partial charge is 0.469 e. The maximum absolute atomic E-state index is 11.8. The second-order valence-corrected chi connectivity index (χ2v) is 6.51. The molecule has 0 spiro atoms. The zero-order chi connectivity index (χ0) is 17.6. The molecule has 0 saturated carbocycles. The molecule has 1 fully saturated rings. The molecule has 1 aliphatic heterocycles. The summed E-state index contributed by atoms with van der Waals surface area (Å²) in [5.74, 6) is 0.0728. The van der Waals surface area contributed by atoms with Crippen molar-refractivity contribution in [3.8, 4) is 0 Å². The molecule has 12 nitrogen and oxygen atoms in total. The molecule has 1 aliphatic rings. The van der Waals surface area contributed by atoms with E-state index in [1.807, 2.05) is 0 Å². The highest BCUT2D eigenvalue weighted by molar-refractivity contribution is 7.46. The molecule has 1 saturated heterocycles. The molecule has 0 radical (unpaired) electrons. The fraction of sp³-hybridized carbons (Fsp3) is 0.455. The van der Waals surface area contributed by atoms with Crippen LogP contribution in [-0.2, 0) is 13.8 Å². The quantitative estimate of drug-likeness (QED) is 0.332. The summed E-state index contributed by atoms with van der Waals surface area (Å²) in [5, 5.41) is 20.1. The first-order valence-corrected chi connectivity index (χ1v) is 8.27. The van der Waals surface area contributed by atoms with Crippen LogP contribution in [0.4, 0.5) is 5.82 Å². The smallest absolute Gasteiger partial charge is 0.387 e. The summed E-state index contributed by atoms with van der Waals surface area (Å²) in [6.45, 7) is -0.631. The van der Waals surface area contributed by atoms with Crippen LogP contribution in [0.1, 0.15) is 6.23 Å². The molecule has 2 aromatic rings. The Morgan fingerprint density at radius 3 is 2.79 bits per heavy atom. The molecular formula is C11H15N4O8P. The number of phosphoric acid groups is 1. The van der Waals surface area contributed by atoms with Gasteiger partial charge in [0.25, 0.3) is 5.56 Å². The molecule has 132 valence electrons. The Morgan fingerprint density at radius 2 is 2.12 bits per heavy atom. The number of nitrogens with two attached hydrogens (primary N) is 1. The summed E-state index contributed by atoms with van der Waals surface area (Å²) in [4.78, 5) is 35.5. The molecule has 24 heavy (non-hydrogen) atoms. The van der Waals surface area contributed by atoms with Gasteiger partial charge in [0, 0.05) is 6.07 Å². The molecule has 0 aliphatic carbocycles. The number of imidazole rings is 1. The van der Waals surface area contributed by atoms with E-state index in [0.717, 1.165) is 0 Å². The zero-order valence-corrected chi connectivity index (χ0v) is 12.9. The Labute approximate surface area is 133 Å². The van der Waals surface area contributed by atoms with E-state index in [4.69, 9.17) is 20.3 Å². The van der Waals surface area contributed by atoms with Crippen molar-refractivity contribution in [1.29, 1.82) is 0 Å². The number of aliphatic hydroxyl groups excluding tert-OH is 2. The third-order valence-corrected chi connectivity index (χ3v) is 4.10. The maximum Gasteiger partial charge on any atom is 0.469 e. The fourth-order valence-corrected chi connectivity index (χ4v) is 2.87. The van der Waals surface area contributed by atoms with Gasteiger partial charge in [-0.3, -0.25) is 9.32 Å². The van der Waals surface area contributed by atoms with Crippen molar-refractivity contribution in [2.24, 2.45) is 0 Å². The van der Waals surface area contributed by atoms with Gasteiger partial charge in [-0.25, -0.2) is 9.55 Å². The van der Waals surface area contributed by atoms with Crippen molar-refractivity contribution in [1.82, 2.24) is 14.5 Å². The summed E-state index contributed by atoms with van der Waals surface area (Å²) in [6.07, 6.45) is -4.00. The van der Waals surface area contributed by atoms with Crippen LogP contribution < -0.4 is 11.3 Å². The van der Waals surface area contributed by atoms with Crippen molar-refractivity contribution in [2.75, 3.05) is 12.3 Å². The zero-order valence-electron chi connectivity index (χ0n) is 12.0. The van der Waals surface area contributed by atoms with Gasteiger partial charge in [-0.05, 0) is 0 Å². The minimum Gasteiger partial charge on any atom is -0.387 e. The molecule has 13 heteroatoms. The van der Waals surface area contributed by atoms with Gasteiger partial charge >= 0.3 is 7.82 Å². The van der Waals surface area contributed by atoms with E-state index in [1.165, 1.54) is 17.0 Å². The number of rotatable bonds is 4. The number of hydrogen-bond donors (Lipinski definition) is 6. The number of anilines is 1.